The number of urea groups is 2. The van der Waals surface area contributed by atoms with Crippen LogP contribution in [-0.4, -0.2) is 146 Å². The summed E-state index contributed by atoms with van der Waals surface area (Å²) in [5.74, 6) is 3.93. The molecule has 0 bridgehead atoms. The second-order valence-electron chi connectivity index (χ2n) is 36.5. The number of hydrogen-bond acceptors (Lipinski definition) is 18. The molecule has 3 aliphatic heterocycles. The van der Waals surface area contributed by atoms with Gasteiger partial charge in [0.05, 0.1) is 154 Å². The lowest BCUT2D eigenvalue weighted by molar-refractivity contribution is 0.249. The number of unbranched alkanes of at least 4 members (excludes halogenated alkanes) is 3. The van der Waals surface area contributed by atoms with E-state index in [9.17, 15) is 61.2 Å². The Morgan fingerprint density at radius 1 is 0.351 bits per heavy atom. The van der Waals surface area contributed by atoms with Gasteiger partial charge in [-0.1, -0.05) is 108 Å². The number of hydrogen-bond donors (Lipinski definition) is 4. The second-order valence-corrected chi connectivity index (χ2v) is 42.6. The minimum absolute atomic E-state index is 0.0636. The Morgan fingerprint density at radius 3 is 0.926 bits per heavy atom. The zero-order chi connectivity index (χ0) is 106. The van der Waals surface area contributed by atoms with Gasteiger partial charge in [-0.3, -0.25) is 12.9 Å². The average Bonchev–Trinajstić information content (AvgIpc) is 1.58. The molecule has 10 aromatic carbocycles. The van der Waals surface area contributed by atoms with Crippen molar-refractivity contribution in [3.05, 3.63) is 239 Å². The van der Waals surface area contributed by atoms with Gasteiger partial charge in [0.1, 0.15) is 59.1 Å². The highest BCUT2D eigenvalue weighted by Crippen LogP contribution is 2.46. The molecular formula is C115H127N17O13S3. The van der Waals surface area contributed by atoms with E-state index in [-0.39, 0.29) is 29.6 Å². The lowest BCUT2D eigenvalue weighted by Gasteiger charge is -2.20. The van der Waals surface area contributed by atoms with E-state index in [2.05, 4.69) is 95.2 Å². The van der Waals surface area contributed by atoms with E-state index in [0.29, 0.717) is 116 Å². The van der Waals surface area contributed by atoms with Gasteiger partial charge in [0.15, 0.2) is 0 Å². The summed E-state index contributed by atoms with van der Waals surface area (Å²) in [6.07, 6.45) is 10.0. The molecule has 3 aliphatic rings. The quantitative estimate of drug-likeness (QED) is 0.0293. The highest BCUT2D eigenvalue weighted by atomic mass is 32.2. The highest BCUT2D eigenvalue weighted by Gasteiger charge is 2.35. The number of benzene rings is 10. The van der Waals surface area contributed by atoms with Crippen LogP contribution in [-0.2, 0) is 82.1 Å². The maximum Gasteiger partial charge on any atom is 0.319 e. The number of carbonyl (C=O) groups is 2. The first kappa shape index (κ1) is 108. The molecule has 0 fully saturated rings. The summed E-state index contributed by atoms with van der Waals surface area (Å²) in [4.78, 5) is 24.0. The van der Waals surface area contributed by atoms with E-state index >= 15 is 0 Å². The van der Waals surface area contributed by atoms with Gasteiger partial charge in [0, 0.05) is 150 Å². The number of fused-ring (bicyclic) bond motifs is 8. The Balaban J connectivity index is 0.000000146. The zero-order valence-corrected chi connectivity index (χ0v) is 89.2. The van der Waals surface area contributed by atoms with E-state index < -0.39 is 30.1 Å². The largest absolute Gasteiger partial charge is 0.497 e. The first-order chi connectivity index (χ1) is 71.4. The van der Waals surface area contributed by atoms with Crippen LogP contribution in [0.15, 0.2) is 194 Å². The molecule has 5 aromatic heterocycles. The van der Waals surface area contributed by atoms with Gasteiger partial charge in [-0.05, 0) is 217 Å². The van der Waals surface area contributed by atoms with Crippen LogP contribution in [0.4, 0.5) is 38.0 Å². The Hall–Kier alpha value is -15.9. The Labute approximate surface area is 866 Å². The van der Waals surface area contributed by atoms with Crippen molar-refractivity contribution in [2.45, 2.75) is 172 Å². The topological polar surface area (TPSA) is 384 Å². The molecule has 0 saturated heterocycles. The number of aromatic nitrogens is 5. The van der Waals surface area contributed by atoms with Crippen LogP contribution in [0, 0.1) is 56.7 Å². The van der Waals surface area contributed by atoms with Crippen molar-refractivity contribution in [1.29, 1.82) is 26.3 Å². The van der Waals surface area contributed by atoms with Crippen LogP contribution in [0.1, 0.15) is 159 Å². The SMILES string of the molecule is CCCCNC(=O)Nc1ccc(-c2c(C#N)c3ccc(OC)cc3n2CCCC)cc1.CCCCn1c(-c2ccc(NC(=O)NC(C)C)cc2)c(C#N)c2ccc(OC)cc21.CCCS(=O)(=O)N1CCc2ccc(-c3c(C#N)c4ccc(OC)cc4n3CC)cc21.CCn1c(-c2ccc3c(c2)N(S(=O)(=O)CC)CC3)c(C#N)c2ccc(OC)cc21.CCn1c(-c2ccc3c(c2)N(S(C)(=O)=O)CC3)c(C#N)c2ccc(OC)cc21. The van der Waals surface area contributed by atoms with Gasteiger partial charge in [0.25, 0.3) is 0 Å². The number of methoxy groups -OCH3 is 5. The third kappa shape index (κ3) is 22.4. The molecule has 4 N–H and O–H groups in total. The van der Waals surface area contributed by atoms with Crippen molar-refractivity contribution in [1.82, 2.24) is 33.5 Å². The van der Waals surface area contributed by atoms with Gasteiger partial charge in [-0.25, -0.2) is 34.8 Å². The Morgan fingerprint density at radius 2 is 0.642 bits per heavy atom. The van der Waals surface area contributed by atoms with Crippen LogP contribution in [0.5, 0.6) is 28.7 Å². The monoisotopic (exact) mass is 2050 g/mol. The number of carbonyl (C=O) groups excluding carboxylic acids is 2. The molecule has 0 saturated carbocycles. The first-order valence-corrected chi connectivity index (χ1v) is 55.2. The molecule has 148 heavy (non-hydrogen) atoms. The number of anilines is 5. The fourth-order valence-corrected chi connectivity index (χ4v) is 23.5. The lowest BCUT2D eigenvalue weighted by Crippen LogP contribution is -2.34. The molecule has 8 heterocycles. The summed E-state index contributed by atoms with van der Waals surface area (Å²) in [6, 6.07) is 73.1. The molecular weight excluding hydrogens is 1920 g/mol. The van der Waals surface area contributed by atoms with Crippen LogP contribution < -0.4 is 57.9 Å². The molecule has 0 radical (unpaired) electrons. The van der Waals surface area contributed by atoms with E-state index in [0.717, 1.165) is 219 Å². The normalized spacial score (nSPS) is 12.4. The van der Waals surface area contributed by atoms with E-state index in [1.54, 1.807) is 42.5 Å². The van der Waals surface area contributed by atoms with Crippen LogP contribution >= 0.6 is 0 Å². The Kier molecular flexibility index (Phi) is 34.7. The molecule has 33 heteroatoms. The first-order valence-electron chi connectivity index (χ1n) is 50.1. The van der Waals surface area contributed by atoms with Gasteiger partial charge in [-0.15, -0.1) is 0 Å². The fourth-order valence-electron chi connectivity index (χ4n) is 19.8. The van der Waals surface area contributed by atoms with Gasteiger partial charge >= 0.3 is 12.1 Å². The van der Waals surface area contributed by atoms with Crippen molar-refractivity contribution in [2.75, 3.05) is 103 Å². The predicted molar refractivity (Wildman–Crippen MR) is 591 cm³/mol. The number of nitrogens with zero attached hydrogens (tertiary/aromatic N) is 13. The third-order valence-electron chi connectivity index (χ3n) is 26.9. The summed E-state index contributed by atoms with van der Waals surface area (Å²) in [5, 5.41) is 65.5. The summed E-state index contributed by atoms with van der Waals surface area (Å²) in [6.45, 7) is 25.6. The maximum absolute atomic E-state index is 12.8. The minimum atomic E-state index is -3.34. The van der Waals surface area contributed by atoms with E-state index in [1.165, 1.54) is 19.2 Å². The van der Waals surface area contributed by atoms with Crippen molar-refractivity contribution in [3.63, 3.8) is 0 Å². The van der Waals surface area contributed by atoms with Crippen molar-refractivity contribution in [2.24, 2.45) is 0 Å². The Bertz CT molecular complexity index is 8100. The molecule has 0 unspecified atom stereocenters. The van der Waals surface area contributed by atoms with Gasteiger partial charge < -0.3 is 67.8 Å². The van der Waals surface area contributed by atoms with E-state index in [1.807, 2.05) is 236 Å². The number of ether oxygens (including phenoxy) is 5. The number of rotatable bonds is 31. The number of nitrogens with one attached hydrogen (secondary N) is 4. The molecule has 0 aliphatic carbocycles. The molecule has 4 amide bonds. The molecule has 0 spiro atoms. The zero-order valence-electron chi connectivity index (χ0n) is 86.7. The summed E-state index contributed by atoms with van der Waals surface area (Å²) in [5.41, 5.74) is 23.1. The summed E-state index contributed by atoms with van der Waals surface area (Å²) >= 11 is 0. The maximum atomic E-state index is 12.8. The van der Waals surface area contributed by atoms with Crippen molar-refractivity contribution >= 4 is 125 Å². The van der Waals surface area contributed by atoms with Crippen molar-refractivity contribution < 1.29 is 58.5 Å². The summed E-state index contributed by atoms with van der Waals surface area (Å²) < 4.78 is 117. The fraction of sp³-hybridized carbons (Fsp3) is 0.330. The average molecular weight is 2050 g/mol. The number of nitriles is 5. The van der Waals surface area contributed by atoms with Crippen LogP contribution in [0.25, 0.3) is 111 Å². The molecule has 30 nitrogen and oxygen atoms in total. The third-order valence-corrected chi connectivity index (χ3v) is 31.9. The lowest BCUT2D eigenvalue weighted by atomic mass is 10.0. The summed E-state index contributed by atoms with van der Waals surface area (Å²) in [7, 11) is -1.85. The highest BCUT2D eigenvalue weighted by molar-refractivity contribution is 7.93. The molecule has 0 atom stereocenters. The van der Waals surface area contributed by atoms with Gasteiger partial charge in [-0.2, -0.15) is 26.3 Å². The van der Waals surface area contributed by atoms with E-state index in [4.69, 9.17) is 23.7 Å². The number of aryl methyl sites for hydroxylation is 5. The molecule has 15 aromatic rings. The molecule has 768 valence electrons. The van der Waals surface area contributed by atoms with Gasteiger partial charge in [0.2, 0.25) is 30.1 Å². The van der Waals surface area contributed by atoms with Crippen LogP contribution in [0.2, 0.25) is 0 Å². The number of amides is 4. The standard InChI is InChI=1S/C25H30N4O2.C24H28N4O2.C23H25N3O3S.C22H23N3O3S.C21H21N3O3S/c1-4-6-14-27-25(30)28-19-10-8-18(9-11-19)24-22(17-26)21-13-12-20(31-3)16-23(21)29(24)15-7-5-2;1-5-6-13-28-22-14-19(30-4)11-12-20(22)21(15-25)23(28)17-7-9-18(10-8-17)27-24(29)26-16(2)3;1-4-12-30(27,28)26-11-10-16-6-7-17(13-21(16)26)23-20(15-24)19-9-8-18(29-3)14-22(19)25(23)5-2;1-4-24-21-13-17(28-3)8-9-18(21)19(14-23)22(24)16-7-6-15-10-11-25(20(15)12-16)29(26,27)5-2;1-4-23-20-12-16(27-2)7-8-17(20)18(13-22)21(23)15-6-5-14-9-10-24(19(14)11-15)28(3,25)26/h8-13,16H,4-7,14-15H2,1-3H3,(H2,27,28,30);7-12,14,16H,5-6,13H2,1-4H3,(H2,26,27,29);6-9,13-14H,4-5,10-12H2,1-3H3;6-9,12-13H,4-5,10-11H2,1-3H3;5-8,11-12H,4,9-10H2,1-3H3. The minimum Gasteiger partial charge on any atom is -0.497 e. The predicted octanol–water partition coefficient (Wildman–Crippen LogP) is 23.2. The van der Waals surface area contributed by atoms with Crippen molar-refractivity contribution in [3.8, 4) is 115 Å². The molecule has 18 rings (SSSR count). The smallest absolute Gasteiger partial charge is 0.319 e. The number of sulfonamides is 3. The second kappa shape index (κ2) is 47.5. The van der Waals surface area contributed by atoms with Crippen LogP contribution in [0.3, 0.4) is 0 Å².